The standard InChI is InChI=1S/C13H12BrFN2/c1-9-2-5-12(8-16-9)17-7-10-3-4-11(15)6-13(10)14/h2-6,8,17H,7H2,1H3. The van der Waals surface area contributed by atoms with Gasteiger partial charge in [-0.3, -0.25) is 4.98 Å². The molecule has 0 fully saturated rings. The highest BCUT2D eigenvalue weighted by Crippen LogP contribution is 2.19. The highest BCUT2D eigenvalue weighted by Gasteiger charge is 2.01. The zero-order valence-electron chi connectivity index (χ0n) is 9.37. The van der Waals surface area contributed by atoms with Crippen molar-refractivity contribution in [1.82, 2.24) is 4.98 Å². The maximum Gasteiger partial charge on any atom is 0.124 e. The summed E-state index contributed by atoms with van der Waals surface area (Å²) in [7, 11) is 0. The molecule has 0 spiro atoms. The molecule has 88 valence electrons. The Hall–Kier alpha value is -1.42. The third-order valence-corrected chi connectivity index (χ3v) is 3.15. The molecule has 0 saturated heterocycles. The van der Waals surface area contributed by atoms with Crippen molar-refractivity contribution in [3.8, 4) is 0 Å². The van der Waals surface area contributed by atoms with Crippen molar-refractivity contribution in [3.63, 3.8) is 0 Å². The molecule has 0 saturated carbocycles. The number of rotatable bonds is 3. The molecule has 0 aliphatic heterocycles. The third kappa shape index (κ3) is 3.27. The molecule has 0 aliphatic rings. The fraction of sp³-hybridized carbons (Fsp3) is 0.154. The molecule has 0 atom stereocenters. The monoisotopic (exact) mass is 294 g/mol. The van der Waals surface area contributed by atoms with Crippen LogP contribution >= 0.6 is 15.9 Å². The molecule has 1 heterocycles. The van der Waals surface area contributed by atoms with Crippen LogP contribution in [-0.4, -0.2) is 4.98 Å². The molecule has 4 heteroatoms. The molecule has 0 bridgehead atoms. The molecular weight excluding hydrogens is 283 g/mol. The van der Waals surface area contributed by atoms with E-state index in [9.17, 15) is 4.39 Å². The van der Waals surface area contributed by atoms with Gasteiger partial charge in [0.1, 0.15) is 5.82 Å². The Morgan fingerprint density at radius 2 is 2.12 bits per heavy atom. The van der Waals surface area contributed by atoms with Crippen LogP contribution in [0, 0.1) is 12.7 Å². The van der Waals surface area contributed by atoms with E-state index >= 15 is 0 Å². The number of nitrogens with one attached hydrogen (secondary N) is 1. The van der Waals surface area contributed by atoms with E-state index in [2.05, 4.69) is 26.2 Å². The lowest BCUT2D eigenvalue weighted by molar-refractivity contribution is 0.626. The second-order valence-corrected chi connectivity index (χ2v) is 4.63. The first-order valence-electron chi connectivity index (χ1n) is 5.25. The van der Waals surface area contributed by atoms with Gasteiger partial charge in [0, 0.05) is 16.7 Å². The van der Waals surface area contributed by atoms with Gasteiger partial charge in [-0.2, -0.15) is 0 Å². The summed E-state index contributed by atoms with van der Waals surface area (Å²) in [4.78, 5) is 4.19. The molecule has 0 unspecified atom stereocenters. The summed E-state index contributed by atoms with van der Waals surface area (Å²) in [5, 5.41) is 3.23. The number of hydrogen-bond acceptors (Lipinski definition) is 2. The summed E-state index contributed by atoms with van der Waals surface area (Å²) < 4.78 is 13.7. The zero-order chi connectivity index (χ0) is 12.3. The zero-order valence-corrected chi connectivity index (χ0v) is 11.0. The van der Waals surface area contributed by atoms with E-state index in [1.54, 1.807) is 12.3 Å². The van der Waals surface area contributed by atoms with Crippen LogP contribution in [-0.2, 0) is 6.54 Å². The summed E-state index contributed by atoms with van der Waals surface area (Å²) in [6, 6.07) is 8.59. The van der Waals surface area contributed by atoms with Crippen LogP contribution in [0.1, 0.15) is 11.3 Å². The lowest BCUT2D eigenvalue weighted by atomic mass is 10.2. The fourth-order valence-electron chi connectivity index (χ4n) is 1.43. The predicted octanol–water partition coefficient (Wildman–Crippen LogP) is 3.90. The van der Waals surface area contributed by atoms with Gasteiger partial charge < -0.3 is 5.32 Å². The summed E-state index contributed by atoms with van der Waals surface area (Å²) in [6.45, 7) is 2.58. The predicted molar refractivity (Wildman–Crippen MR) is 70.4 cm³/mol. The molecule has 17 heavy (non-hydrogen) atoms. The first-order chi connectivity index (χ1) is 8.15. The van der Waals surface area contributed by atoms with Crippen molar-refractivity contribution < 1.29 is 4.39 Å². The van der Waals surface area contributed by atoms with Gasteiger partial charge in [-0.25, -0.2) is 4.39 Å². The van der Waals surface area contributed by atoms with E-state index in [0.29, 0.717) is 6.54 Å². The third-order valence-electron chi connectivity index (χ3n) is 2.41. The molecule has 1 N–H and O–H groups in total. The van der Waals surface area contributed by atoms with Crippen molar-refractivity contribution in [2.24, 2.45) is 0 Å². The van der Waals surface area contributed by atoms with E-state index in [1.165, 1.54) is 12.1 Å². The van der Waals surface area contributed by atoms with E-state index in [4.69, 9.17) is 0 Å². The average Bonchev–Trinajstić information content (AvgIpc) is 2.30. The minimum absolute atomic E-state index is 0.238. The van der Waals surface area contributed by atoms with Crippen molar-refractivity contribution in [3.05, 3.63) is 58.1 Å². The van der Waals surface area contributed by atoms with Crippen LogP contribution in [0.2, 0.25) is 0 Å². The Morgan fingerprint density at radius 1 is 1.29 bits per heavy atom. The maximum atomic E-state index is 12.9. The van der Waals surface area contributed by atoms with Gasteiger partial charge in [-0.05, 0) is 36.8 Å². The molecule has 2 aromatic rings. The number of aromatic nitrogens is 1. The van der Waals surface area contributed by atoms with E-state index in [-0.39, 0.29) is 5.82 Å². The highest BCUT2D eigenvalue weighted by molar-refractivity contribution is 9.10. The maximum absolute atomic E-state index is 12.9. The molecule has 1 aromatic carbocycles. The number of hydrogen-bond donors (Lipinski definition) is 1. The van der Waals surface area contributed by atoms with Crippen LogP contribution in [0.4, 0.5) is 10.1 Å². The van der Waals surface area contributed by atoms with Crippen molar-refractivity contribution in [1.29, 1.82) is 0 Å². The van der Waals surface area contributed by atoms with Gasteiger partial charge in [0.05, 0.1) is 11.9 Å². The second-order valence-electron chi connectivity index (χ2n) is 3.78. The quantitative estimate of drug-likeness (QED) is 0.928. The molecule has 2 nitrogen and oxygen atoms in total. The summed E-state index contributed by atoms with van der Waals surface area (Å²) >= 11 is 3.34. The van der Waals surface area contributed by atoms with E-state index in [0.717, 1.165) is 21.4 Å². The van der Waals surface area contributed by atoms with Gasteiger partial charge in [-0.1, -0.05) is 22.0 Å². The minimum Gasteiger partial charge on any atom is -0.380 e. The summed E-state index contributed by atoms with van der Waals surface area (Å²) in [5.74, 6) is -0.238. The van der Waals surface area contributed by atoms with Crippen LogP contribution in [0.5, 0.6) is 0 Å². The first kappa shape index (κ1) is 12.0. The Bertz CT molecular complexity index is 511. The lowest BCUT2D eigenvalue weighted by Crippen LogP contribution is -2.01. The lowest BCUT2D eigenvalue weighted by Gasteiger charge is -2.08. The van der Waals surface area contributed by atoms with Crippen molar-refractivity contribution >= 4 is 21.6 Å². The molecular formula is C13H12BrFN2. The smallest absolute Gasteiger partial charge is 0.124 e. The second kappa shape index (κ2) is 5.27. The summed E-state index contributed by atoms with van der Waals surface area (Å²) in [5.41, 5.74) is 2.94. The minimum atomic E-state index is -0.238. The number of halogens is 2. The van der Waals surface area contributed by atoms with E-state index in [1.807, 2.05) is 19.1 Å². The number of nitrogens with zero attached hydrogens (tertiary/aromatic N) is 1. The van der Waals surface area contributed by atoms with Crippen LogP contribution in [0.25, 0.3) is 0 Å². The molecule has 0 radical (unpaired) electrons. The van der Waals surface area contributed by atoms with Crippen LogP contribution < -0.4 is 5.32 Å². The van der Waals surface area contributed by atoms with Gasteiger partial charge in [0.25, 0.3) is 0 Å². The Balaban J connectivity index is 2.04. The van der Waals surface area contributed by atoms with Crippen LogP contribution in [0.3, 0.4) is 0 Å². The Morgan fingerprint density at radius 3 is 2.76 bits per heavy atom. The Labute approximate surface area is 108 Å². The van der Waals surface area contributed by atoms with Gasteiger partial charge in [0.15, 0.2) is 0 Å². The fourth-order valence-corrected chi connectivity index (χ4v) is 1.93. The molecule has 0 aliphatic carbocycles. The topological polar surface area (TPSA) is 24.9 Å². The molecule has 1 aromatic heterocycles. The highest BCUT2D eigenvalue weighted by atomic mass is 79.9. The van der Waals surface area contributed by atoms with Gasteiger partial charge in [0.2, 0.25) is 0 Å². The van der Waals surface area contributed by atoms with E-state index < -0.39 is 0 Å². The largest absolute Gasteiger partial charge is 0.380 e. The molecule has 2 rings (SSSR count). The summed E-state index contributed by atoms with van der Waals surface area (Å²) in [6.07, 6.45) is 1.78. The number of anilines is 1. The average molecular weight is 295 g/mol. The number of pyridine rings is 1. The SMILES string of the molecule is Cc1ccc(NCc2ccc(F)cc2Br)cn1. The Kier molecular flexibility index (Phi) is 3.74. The number of aryl methyl sites for hydroxylation is 1. The first-order valence-corrected chi connectivity index (χ1v) is 6.05. The van der Waals surface area contributed by atoms with Crippen LogP contribution in [0.15, 0.2) is 41.0 Å². The van der Waals surface area contributed by atoms with Crippen molar-refractivity contribution in [2.75, 3.05) is 5.32 Å². The molecule has 0 amide bonds. The number of benzene rings is 1. The normalized spacial score (nSPS) is 10.3. The van der Waals surface area contributed by atoms with Crippen molar-refractivity contribution in [2.45, 2.75) is 13.5 Å². The van der Waals surface area contributed by atoms with Gasteiger partial charge >= 0.3 is 0 Å². The van der Waals surface area contributed by atoms with Gasteiger partial charge in [-0.15, -0.1) is 0 Å².